The molecule has 0 radical (unpaired) electrons. The lowest BCUT2D eigenvalue weighted by molar-refractivity contribution is 0.446. The first-order valence-electron chi connectivity index (χ1n) is 4.53. The van der Waals surface area contributed by atoms with Crippen molar-refractivity contribution in [2.45, 2.75) is 12.4 Å². The number of halogens is 3. The van der Waals surface area contributed by atoms with E-state index in [1.54, 1.807) is 0 Å². The molecule has 1 aromatic heterocycles. The fourth-order valence-corrected chi connectivity index (χ4v) is 2.25. The molecule has 2 rings (SSSR count). The number of benzene rings is 1. The van der Waals surface area contributed by atoms with Crippen LogP contribution in [-0.4, -0.2) is 16.2 Å². The molecular weight excluding hydrogens is 282 g/mol. The topological polar surface area (TPSA) is 17.8 Å². The largest absolute Gasteiger partial charge is 0.324 e. The van der Waals surface area contributed by atoms with Gasteiger partial charge in [-0.25, -0.2) is 9.37 Å². The summed E-state index contributed by atoms with van der Waals surface area (Å²) in [5.41, 5.74) is 1.75. The summed E-state index contributed by atoms with van der Waals surface area (Å²) in [6, 6.07) is 5.73. The molecule has 0 aliphatic carbocycles. The van der Waals surface area contributed by atoms with Crippen LogP contribution in [0, 0.1) is 0 Å². The lowest BCUT2D eigenvalue weighted by Gasteiger charge is -2.03. The number of nitrogens with zero attached hydrogens (tertiary/aromatic N) is 2. The van der Waals surface area contributed by atoms with Crippen LogP contribution in [0.15, 0.2) is 22.7 Å². The molecular formula is C10H9BrClFN2. The highest BCUT2D eigenvalue weighted by Gasteiger charge is 2.11. The molecule has 0 fully saturated rings. The average molecular weight is 292 g/mol. The summed E-state index contributed by atoms with van der Waals surface area (Å²) in [7, 11) is 0. The first-order chi connectivity index (χ1) is 7.27. The van der Waals surface area contributed by atoms with Crippen molar-refractivity contribution in [1.82, 2.24) is 9.55 Å². The van der Waals surface area contributed by atoms with Crippen LogP contribution in [-0.2, 0) is 12.4 Å². The fraction of sp³-hybridized carbons (Fsp3) is 0.300. The number of hydrogen-bond acceptors (Lipinski definition) is 1. The van der Waals surface area contributed by atoms with Gasteiger partial charge >= 0.3 is 0 Å². The minimum absolute atomic E-state index is 0.293. The molecule has 0 aliphatic heterocycles. The van der Waals surface area contributed by atoms with E-state index in [0.717, 1.165) is 15.5 Å². The second kappa shape index (κ2) is 4.49. The van der Waals surface area contributed by atoms with E-state index >= 15 is 0 Å². The summed E-state index contributed by atoms with van der Waals surface area (Å²) in [4.78, 5) is 4.37. The Balaban J connectivity index is 2.68. The Kier molecular flexibility index (Phi) is 3.26. The van der Waals surface area contributed by atoms with E-state index in [9.17, 15) is 4.39 Å². The van der Waals surface area contributed by atoms with Gasteiger partial charge in [0.15, 0.2) is 0 Å². The summed E-state index contributed by atoms with van der Waals surface area (Å²) in [5.74, 6) is 0.998. The lowest BCUT2D eigenvalue weighted by Crippen LogP contribution is -2.03. The van der Waals surface area contributed by atoms with E-state index in [1.165, 1.54) is 0 Å². The highest BCUT2D eigenvalue weighted by molar-refractivity contribution is 9.10. The summed E-state index contributed by atoms with van der Waals surface area (Å²) in [6.45, 7) is -0.114. The van der Waals surface area contributed by atoms with Crippen LogP contribution in [0.25, 0.3) is 11.0 Å². The van der Waals surface area contributed by atoms with Crippen LogP contribution in [0.1, 0.15) is 5.82 Å². The first-order valence-corrected chi connectivity index (χ1v) is 5.86. The Morgan fingerprint density at radius 3 is 2.93 bits per heavy atom. The van der Waals surface area contributed by atoms with Crippen molar-refractivity contribution >= 4 is 38.6 Å². The van der Waals surface area contributed by atoms with Crippen LogP contribution in [0.4, 0.5) is 4.39 Å². The maximum Gasteiger partial charge on any atom is 0.124 e. The summed E-state index contributed by atoms with van der Waals surface area (Å²) in [5, 5.41) is 0. The molecule has 0 atom stereocenters. The Morgan fingerprint density at radius 1 is 1.47 bits per heavy atom. The molecule has 0 saturated carbocycles. The third-order valence-corrected chi connectivity index (χ3v) is 3.12. The van der Waals surface area contributed by atoms with Crippen LogP contribution >= 0.6 is 27.5 Å². The van der Waals surface area contributed by atoms with E-state index < -0.39 is 6.67 Å². The van der Waals surface area contributed by atoms with Crippen LogP contribution in [0.3, 0.4) is 0 Å². The monoisotopic (exact) mass is 290 g/mol. The molecule has 2 aromatic rings. The van der Waals surface area contributed by atoms with Gasteiger partial charge in [0.1, 0.15) is 18.0 Å². The molecule has 1 aromatic carbocycles. The van der Waals surface area contributed by atoms with E-state index in [0.29, 0.717) is 18.2 Å². The molecule has 0 bridgehead atoms. The second-order valence-electron chi connectivity index (χ2n) is 3.11. The third-order valence-electron chi connectivity index (χ3n) is 2.24. The number of aromatic nitrogens is 2. The zero-order valence-electron chi connectivity index (χ0n) is 7.88. The molecule has 5 heteroatoms. The quantitative estimate of drug-likeness (QED) is 0.791. The Morgan fingerprint density at radius 2 is 2.27 bits per heavy atom. The normalized spacial score (nSPS) is 11.1. The van der Waals surface area contributed by atoms with E-state index in [2.05, 4.69) is 20.9 Å². The first kappa shape index (κ1) is 10.9. The minimum atomic E-state index is -0.415. The molecule has 0 amide bonds. The maximum atomic E-state index is 12.4. The van der Waals surface area contributed by atoms with Gasteiger partial charge in [0.2, 0.25) is 0 Å². The SMILES string of the molecule is FCCn1c(CCl)nc2c(Br)cccc21. The number of aryl methyl sites for hydroxylation is 1. The number of alkyl halides is 2. The summed E-state index contributed by atoms with van der Waals surface area (Å²) in [6.07, 6.45) is 0. The van der Waals surface area contributed by atoms with Gasteiger partial charge in [-0.3, -0.25) is 0 Å². The molecule has 2 nitrogen and oxygen atoms in total. The van der Waals surface area contributed by atoms with Gasteiger partial charge in [0.05, 0.1) is 17.9 Å². The number of hydrogen-bond donors (Lipinski definition) is 0. The number of imidazole rings is 1. The predicted octanol–water partition coefficient (Wildman–Crippen LogP) is 3.51. The van der Waals surface area contributed by atoms with Crippen molar-refractivity contribution in [2.24, 2.45) is 0 Å². The van der Waals surface area contributed by atoms with Gasteiger partial charge < -0.3 is 4.57 Å². The lowest BCUT2D eigenvalue weighted by atomic mass is 10.3. The van der Waals surface area contributed by atoms with Crippen LogP contribution in [0.5, 0.6) is 0 Å². The Bertz CT molecular complexity index is 483. The third kappa shape index (κ3) is 1.88. The number of para-hydroxylation sites is 1. The van der Waals surface area contributed by atoms with E-state index in [-0.39, 0.29) is 0 Å². The molecule has 0 aliphatic rings. The minimum Gasteiger partial charge on any atom is -0.324 e. The van der Waals surface area contributed by atoms with E-state index in [4.69, 9.17) is 11.6 Å². The van der Waals surface area contributed by atoms with Gasteiger partial charge in [0.25, 0.3) is 0 Å². The van der Waals surface area contributed by atoms with Crippen molar-refractivity contribution in [3.8, 4) is 0 Å². The zero-order valence-corrected chi connectivity index (χ0v) is 10.2. The molecule has 0 spiro atoms. The maximum absolute atomic E-state index is 12.4. The van der Waals surface area contributed by atoms with Crippen LogP contribution < -0.4 is 0 Å². The van der Waals surface area contributed by atoms with Crippen molar-refractivity contribution in [3.63, 3.8) is 0 Å². The van der Waals surface area contributed by atoms with Crippen molar-refractivity contribution in [1.29, 1.82) is 0 Å². The Hall–Kier alpha value is -0.610. The zero-order chi connectivity index (χ0) is 10.8. The molecule has 0 N–H and O–H groups in total. The molecule has 15 heavy (non-hydrogen) atoms. The number of fused-ring (bicyclic) bond motifs is 1. The molecule has 1 heterocycles. The molecule has 0 saturated heterocycles. The van der Waals surface area contributed by atoms with Gasteiger partial charge in [0, 0.05) is 4.47 Å². The highest BCUT2D eigenvalue weighted by atomic mass is 79.9. The number of rotatable bonds is 3. The van der Waals surface area contributed by atoms with Crippen molar-refractivity contribution in [3.05, 3.63) is 28.5 Å². The fourth-order valence-electron chi connectivity index (χ4n) is 1.60. The molecule has 80 valence electrons. The summed E-state index contributed by atoms with van der Waals surface area (Å²) < 4.78 is 15.1. The average Bonchev–Trinajstić information content (AvgIpc) is 2.59. The highest BCUT2D eigenvalue weighted by Crippen LogP contribution is 2.24. The van der Waals surface area contributed by atoms with E-state index in [1.807, 2.05) is 22.8 Å². The second-order valence-corrected chi connectivity index (χ2v) is 4.23. The van der Waals surface area contributed by atoms with Gasteiger partial charge in [-0.2, -0.15) is 0 Å². The van der Waals surface area contributed by atoms with Gasteiger partial charge in [-0.1, -0.05) is 6.07 Å². The standard InChI is InChI=1S/C10H9BrClFN2/c11-7-2-1-3-8-10(7)14-9(6-12)15(8)5-4-13/h1-3H,4-6H2. The predicted molar refractivity (Wildman–Crippen MR) is 63.0 cm³/mol. The molecule has 0 unspecified atom stereocenters. The van der Waals surface area contributed by atoms with Crippen LogP contribution in [0.2, 0.25) is 0 Å². The Labute approximate surface area is 100 Å². The summed E-state index contributed by atoms with van der Waals surface area (Å²) >= 11 is 9.18. The van der Waals surface area contributed by atoms with Gasteiger partial charge in [-0.15, -0.1) is 11.6 Å². The van der Waals surface area contributed by atoms with Crippen molar-refractivity contribution < 1.29 is 4.39 Å². The smallest absolute Gasteiger partial charge is 0.124 e. The van der Waals surface area contributed by atoms with Crippen molar-refractivity contribution in [2.75, 3.05) is 6.67 Å². The van der Waals surface area contributed by atoms with Gasteiger partial charge in [-0.05, 0) is 28.1 Å².